The van der Waals surface area contributed by atoms with Gasteiger partial charge in [0.25, 0.3) is 0 Å². The van der Waals surface area contributed by atoms with Crippen molar-refractivity contribution in [2.45, 2.75) is 58.9 Å². The van der Waals surface area contributed by atoms with Gasteiger partial charge in [-0.25, -0.2) is 4.98 Å². The highest BCUT2D eigenvalue weighted by atomic mass is 15.3. The van der Waals surface area contributed by atoms with E-state index in [1.54, 1.807) is 6.33 Å². The minimum Gasteiger partial charge on any atom is -0.314 e. The van der Waals surface area contributed by atoms with Gasteiger partial charge in [-0.15, -0.1) is 0 Å². The van der Waals surface area contributed by atoms with Crippen molar-refractivity contribution in [3.63, 3.8) is 0 Å². The summed E-state index contributed by atoms with van der Waals surface area (Å²) in [7, 11) is 2.00. The molecule has 0 saturated heterocycles. The van der Waals surface area contributed by atoms with Gasteiger partial charge >= 0.3 is 0 Å². The van der Waals surface area contributed by atoms with Crippen molar-refractivity contribution in [3.8, 4) is 0 Å². The van der Waals surface area contributed by atoms with Crippen molar-refractivity contribution in [2.24, 2.45) is 24.8 Å². The predicted molar refractivity (Wildman–Crippen MR) is 82.5 cm³/mol. The maximum absolute atomic E-state index is 4.42. The lowest BCUT2D eigenvalue weighted by Crippen LogP contribution is -2.43. The molecule has 114 valence electrons. The molecule has 20 heavy (non-hydrogen) atoms. The minimum absolute atomic E-state index is 0.654. The Morgan fingerprint density at radius 2 is 2.20 bits per heavy atom. The maximum Gasteiger partial charge on any atom is 0.138 e. The lowest BCUT2D eigenvalue weighted by molar-refractivity contribution is 0.165. The Bertz CT molecular complexity index is 399. The number of aryl methyl sites for hydroxylation is 1. The van der Waals surface area contributed by atoms with Gasteiger partial charge in [0, 0.05) is 19.5 Å². The molecule has 0 aliphatic heterocycles. The van der Waals surface area contributed by atoms with Crippen LogP contribution in [0.4, 0.5) is 0 Å². The van der Waals surface area contributed by atoms with E-state index in [4.69, 9.17) is 0 Å². The maximum atomic E-state index is 4.42. The van der Waals surface area contributed by atoms with Crippen LogP contribution in [0.5, 0.6) is 0 Å². The monoisotopic (exact) mass is 278 g/mol. The second-order valence-electron chi connectivity index (χ2n) is 6.64. The highest BCUT2D eigenvalue weighted by molar-refractivity contribution is 4.94. The molecule has 3 unspecified atom stereocenters. The van der Waals surface area contributed by atoms with Gasteiger partial charge in [-0.3, -0.25) is 4.68 Å². The van der Waals surface area contributed by atoms with Crippen LogP contribution in [0.2, 0.25) is 0 Å². The second kappa shape index (κ2) is 7.21. The molecular weight excluding hydrogens is 248 g/mol. The lowest BCUT2D eigenvalue weighted by atomic mass is 9.72. The smallest absolute Gasteiger partial charge is 0.138 e. The van der Waals surface area contributed by atoms with Crippen molar-refractivity contribution < 1.29 is 0 Å². The molecule has 4 nitrogen and oxygen atoms in total. The van der Waals surface area contributed by atoms with Gasteiger partial charge in [0.2, 0.25) is 0 Å². The Balaban J connectivity index is 2.03. The zero-order valence-corrected chi connectivity index (χ0v) is 13.5. The highest BCUT2D eigenvalue weighted by Gasteiger charge is 2.32. The number of aromatic nitrogens is 3. The van der Waals surface area contributed by atoms with Gasteiger partial charge in [0.05, 0.1) is 0 Å². The summed E-state index contributed by atoms with van der Waals surface area (Å²) in [5, 5.41) is 7.96. The normalized spacial score (nSPS) is 27.1. The van der Waals surface area contributed by atoms with E-state index in [1.165, 1.54) is 25.7 Å². The molecule has 0 aromatic carbocycles. The molecule has 0 spiro atoms. The Kier molecular flexibility index (Phi) is 5.58. The number of nitrogens with zero attached hydrogens (tertiary/aromatic N) is 3. The van der Waals surface area contributed by atoms with Gasteiger partial charge in [-0.2, -0.15) is 5.10 Å². The van der Waals surface area contributed by atoms with Crippen molar-refractivity contribution in [1.29, 1.82) is 0 Å². The summed E-state index contributed by atoms with van der Waals surface area (Å²) < 4.78 is 1.93. The molecule has 0 bridgehead atoms. The Hall–Kier alpha value is -0.900. The molecule has 1 fully saturated rings. The molecule has 1 heterocycles. The van der Waals surface area contributed by atoms with Crippen LogP contribution in [0.3, 0.4) is 0 Å². The van der Waals surface area contributed by atoms with Crippen LogP contribution in [0.1, 0.15) is 52.3 Å². The number of hydrogen-bond donors (Lipinski definition) is 1. The van der Waals surface area contributed by atoms with E-state index in [0.29, 0.717) is 12.0 Å². The predicted octanol–water partition coefficient (Wildman–Crippen LogP) is 2.80. The van der Waals surface area contributed by atoms with E-state index in [9.17, 15) is 0 Å². The minimum atomic E-state index is 0.654. The fourth-order valence-corrected chi connectivity index (χ4v) is 3.47. The highest BCUT2D eigenvalue weighted by Crippen LogP contribution is 2.35. The lowest BCUT2D eigenvalue weighted by Gasteiger charge is -2.38. The second-order valence-corrected chi connectivity index (χ2v) is 6.64. The molecule has 3 atom stereocenters. The number of nitrogens with one attached hydrogen (secondary N) is 1. The first-order valence-electron chi connectivity index (χ1n) is 8.18. The summed E-state index contributed by atoms with van der Waals surface area (Å²) in [4.78, 5) is 4.42. The van der Waals surface area contributed by atoms with E-state index in [2.05, 4.69) is 36.2 Å². The summed E-state index contributed by atoms with van der Waals surface area (Å²) in [5.41, 5.74) is 0. The Morgan fingerprint density at radius 1 is 1.40 bits per heavy atom. The summed E-state index contributed by atoms with van der Waals surface area (Å²) in [6.45, 7) is 8.10. The fourth-order valence-electron chi connectivity index (χ4n) is 3.47. The number of hydrogen-bond acceptors (Lipinski definition) is 3. The van der Waals surface area contributed by atoms with Crippen LogP contribution in [0, 0.1) is 17.8 Å². The number of rotatable bonds is 6. The topological polar surface area (TPSA) is 42.7 Å². The molecule has 1 aromatic rings. The largest absolute Gasteiger partial charge is 0.314 e. The third kappa shape index (κ3) is 3.81. The van der Waals surface area contributed by atoms with Gasteiger partial charge in [-0.05, 0) is 50.0 Å². The van der Waals surface area contributed by atoms with E-state index >= 15 is 0 Å². The first-order valence-corrected chi connectivity index (χ1v) is 8.18. The van der Waals surface area contributed by atoms with E-state index in [1.807, 2.05) is 11.7 Å². The van der Waals surface area contributed by atoms with Crippen LogP contribution in [-0.4, -0.2) is 27.4 Å². The van der Waals surface area contributed by atoms with Crippen LogP contribution in [0.25, 0.3) is 0 Å². The summed E-state index contributed by atoms with van der Waals surface area (Å²) >= 11 is 0. The quantitative estimate of drug-likeness (QED) is 0.870. The summed E-state index contributed by atoms with van der Waals surface area (Å²) in [6, 6.07) is 0.654. The van der Waals surface area contributed by atoms with E-state index in [0.717, 1.165) is 30.6 Å². The molecular formula is C16H30N4. The molecule has 1 aromatic heterocycles. The molecule has 4 heteroatoms. The first-order chi connectivity index (χ1) is 9.61. The van der Waals surface area contributed by atoms with Crippen molar-refractivity contribution in [1.82, 2.24) is 20.1 Å². The molecule has 1 aliphatic carbocycles. The van der Waals surface area contributed by atoms with E-state index in [-0.39, 0.29) is 0 Å². The zero-order chi connectivity index (χ0) is 14.5. The standard InChI is InChI=1S/C16H30N4/c1-5-8-17-15-7-6-13(12(2)3)9-14(15)10-16-18-11-19-20(16)4/h11-15,17H,5-10H2,1-4H3. The van der Waals surface area contributed by atoms with Crippen molar-refractivity contribution in [3.05, 3.63) is 12.2 Å². The van der Waals surface area contributed by atoms with Crippen LogP contribution in [-0.2, 0) is 13.5 Å². The Labute approximate surface area is 123 Å². The van der Waals surface area contributed by atoms with E-state index < -0.39 is 0 Å². The molecule has 1 aliphatic rings. The van der Waals surface area contributed by atoms with Gasteiger partial charge in [0.1, 0.15) is 12.2 Å². The first kappa shape index (κ1) is 15.5. The summed E-state index contributed by atoms with van der Waals surface area (Å²) in [6.07, 6.45) is 7.94. The summed E-state index contributed by atoms with van der Waals surface area (Å²) in [5.74, 6) is 3.49. The SMILES string of the molecule is CCCNC1CCC(C(C)C)CC1Cc1ncnn1C. The zero-order valence-electron chi connectivity index (χ0n) is 13.5. The molecule has 1 saturated carbocycles. The average Bonchev–Trinajstić information content (AvgIpc) is 2.82. The third-order valence-electron chi connectivity index (χ3n) is 4.87. The molecule has 0 amide bonds. The van der Waals surface area contributed by atoms with Crippen LogP contribution >= 0.6 is 0 Å². The van der Waals surface area contributed by atoms with Crippen molar-refractivity contribution >= 4 is 0 Å². The fraction of sp³-hybridized carbons (Fsp3) is 0.875. The molecule has 2 rings (SSSR count). The third-order valence-corrected chi connectivity index (χ3v) is 4.87. The average molecular weight is 278 g/mol. The van der Waals surface area contributed by atoms with Gasteiger partial charge in [0.15, 0.2) is 0 Å². The molecule has 1 N–H and O–H groups in total. The van der Waals surface area contributed by atoms with Crippen LogP contribution in [0.15, 0.2) is 6.33 Å². The van der Waals surface area contributed by atoms with Crippen LogP contribution < -0.4 is 5.32 Å². The van der Waals surface area contributed by atoms with Gasteiger partial charge < -0.3 is 5.32 Å². The Morgan fingerprint density at radius 3 is 2.80 bits per heavy atom. The van der Waals surface area contributed by atoms with Crippen molar-refractivity contribution in [2.75, 3.05) is 6.54 Å². The van der Waals surface area contributed by atoms with Gasteiger partial charge in [-0.1, -0.05) is 20.8 Å². The molecule has 0 radical (unpaired) electrons.